The molecule has 0 atom stereocenters. The van der Waals surface area contributed by atoms with E-state index in [0.29, 0.717) is 0 Å². The summed E-state index contributed by atoms with van der Waals surface area (Å²) in [5.74, 6) is -0.495. The standard InChI is InChI=1S/C3H5O2.6Y/c1-3(4)5-2;;;;;;/h1H2,2H3;;;;;;/q-1;;;;;;. The van der Waals surface area contributed by atoms with Gasteiger partial charge in [-0.1, -0.05) is 0 Å². The van der Waals surface area contributed by atoms with Crippen molar-refractivity contribution in [2.75, 3.05) is 7.11 Å². The third-order valence-corrected chi connectivity index (χ3v) is 0.228. The van der Waals surface area contributed by atoms with Gasteiger partial charge in [0, 0.05) is 196 Å². The Morgan fingerprint density at radius 1 is 1.00 bits per heavy atom. The SMILES string of the molecule is [CH2-]C(=O)OC.[Y].[Y].[Y].[Y].[Y].[Y]. The smallest absolute Gasteiger partial charge is 0.164 e. The first-order valence-corrected chi connectivity index (χ1v) is 1.17. The van der Waals surface area contributed by atoms with E-state index >= 15 is 0 Å². The summed E-state index contributed by atoms with van der Waals surface area (Å²) in [5, 5.41) is 0. The van der Waals surface area contributed by atoms with E-state index in [1.165, 1.54) is 7.11 Å². The summed E-state index contributed by atoms with van der Waals surface area (Å²) >= 11 is 0. The molecule has 0 unspecified atom stereocenters. The Balaban J connectivity index is -0.00000000533. The zero-order chi connectivity index (χ0) is 4.28. The van der Waals surface area contributed by atoms with Gasteiger partial charge in [-0.25, -0.2) is 0 Å². The topological polar surface area (TPSA) is 26.3 Å². The number of hydrogen-bond acceptors (Lipinski definition) is 2. The maximum absolute atomic E-state index is 9.48. The Morgan fingerprint density at radius 2 is 1.09 bits per heavy atom. The van der Waals surface area contributed by atoms with E-state index in [-0.39, 0.29) is 196 Å². The minimum absolute atomic E-state index is 0. The van der Waals surface area contributed by atoms with Crippen LogP contribution in [0.1, 0.15) is 0 Å². The quantitative estimate of drug-likeness (QED) is 0.287. The van der Waals surface area contributed by atoms with Crippen LogP contribution in [0.4, 0.5) is 0 Å². The molecule has 0 heterocycles. The molecule has 0 aromatic rings. The van der Waals surface area contributed by atoms with Crippen LogP contribution in [0.2, 0.25) is 0 Å². The molecule has 0 bridgehead atoms. The summed E-state index contributed by atoms with van der Waals surface area (Å²) < 4.78 is 4.00. The molecule has 0 spiro atoms. The number of carbonyl (C=O) groups excluding carboxylic acids is 1. The predicted octanol–water partition coefficient (Wildman–Crippen LogP) is -0.0215. The van der Waals surface area contributed by atoms with Crippen molar-refractivity contribution in [2.24, 2.45) is 0 Å². The van der Waals surface area contributed by atoms with Gasteiger partial charge < -0.3 is 4.74 Å². The molecule has 2 nitrogen and oxygen atoms in total. The maximum Gasteiger partial charge on any atom is 0.164 e. The van der Waals surface area contributed by atoms with Crippen molar-refractivity contribution in [3.05, 3.63) is 6.92 Å². The first-order valence-electron chi connectivity index (χ1n) is 1.17. The van der Waals surface area contributed by atoms with Gasteiger partial charge in [0.25, 0.3) is 0 Å². The fourth-order valence-corrected chi connectivity index (χ4v) is 0. The number of rotatable bonds is 0. The van der Waals surface area contributed by atoms with Crippen LogP contribution in [0.15, 0.2) is 0 Å². The van der Waals surface area contributed by atoms with E-state index in [1.807, 2.05) is 0 Å². The van der Waals surface area contributed by atoms with Crippen molar-refractivity contribution in [1.29, 1.82) is 0 Å². The molecular formula is C3H5O2Y6-. The molecule has 0 amide bonds. The van der Waals surface area contributed by atoms with Gasteiger partial charge in [-0.15, -0.1) is 0 Å². The van der Waals surface area contributed by atoms with Gasteiger partial charge in [0.2, 0.25) is 0 Å². The van der Waals surface area contributed by atoms with Gasteiger partial charge in [-0.05, 0) is 0 Å². The van der Waals surface area contributed by atoms with E-state index in [4.69, 9.17) is 0 Å². The summed E-state index contributed by atoms with van der Waals surface area (Å²) in [4.78, 5) is 9.48. The van der Waals surface area contributed by atoms with Crippen LogP contribution in [0, 0.1) is 6.92 Å². The van der Waals surface area contributed by atoms with Crippen molar-refractivity contribution in [2.45, 2.75) is 0 Å². The molecule has 0 aromatic carbocycles. The van der Waals surface area contributed by atoms with Crippen molar-refractivity contribution in [1.82, 2.24) is 0 Å². The van der Waals surface area contributed by atoms with Crippen molar-refractivity contribution in [3.8, 4) is 0 Å². The summed E-state index contributed by atoms with van der Waals surface area (Å²) in [5.41, 5.74) is 0. The van der Waals surface area contributed by atoms with E-state index < -0.39 is 5.97 Å². The van der Waals surface area contributed by atoms with Crippen LogP contribution < -0.4 is 0 Å². The van der Waals surface area contributed by atoms with Gasteiger partial charge in [0.1, 0.15) is 0 Å². The van der Waals surface area contributed by atoms with Crippen LogP contribution in [0.3, 0.4) is 0 Å². The van der Waals surface area contributed by atoms with Crippen molar-refractivity contribution in [3.63, 3.8) is 0 Å². The minimum atomic E-state index is -0.495. The maximum atomic E-state index is 9.48. The molecule has 8 heteroatoms. The number of esters is 1. The third-order valence-electron chi connectivity index (χ3n) is 0.228. The van der Waals surface area contributed by atoms with E-state index in [0.717, 1.165) is 0 Å². The number of hydrogen-bond donors (Lipinski definition) is 0. The molecule has 0 fully saturated rings. The zero-order valence-electron chi connectivity index (χ0n) is 6.49. The molecular weight excluding hydrogens is 601 g/mol. The number of methoxy groups -OCH3 is 1. The van der Waals surface area contributed by atoms with Gasteiger partial charge in [0.05, 0.1) is 7.11 Å². The van der Waals surface area contributed by atoms with Gasteiger partial charge in [-0.2, -0.15) is 0 Å². The Kier molecular flexibility index (Phi) is 143. The first kappa shape index (κ1) is 43.5. The number of carbonyl (C=O) groups is 1. The minimum Gasteiger partial charge on any atom is -0.492 e. The Labute approximate surface area is 219 Å². The van der Waals surface area contributed by atoms with E-state index in [9.17, 15) is 4.79 Å². The van der Waals surface area contributed by atoms with Crippen molar-refractivity contribution < 1.29 is 206 Å². The normalized spacial score (nSPS) is 3.00. The van der Waals surface area contributed by atoms with E-state index in [1.54, 1.807) is 0 Å². The molecule has 0 aliphatic heterocycles. The average Bonchev–Trinajstić information content (AvgIpc) is 1.38. The molecule has 48 valence electrons. The molecule has 0 aromatic heterocycles. The molecule has 0 N–H and O–H groups in total. The third kappa shape index (κ3) is 49.1. The average molecular weight is 607 g/mol. The van der Waals surface area contributed by atoms with Crippen LogP contribution in [-0.4, -0.2) is 13.1 Å². The van der Waals surface area contributed by atoms with Gasteiger partial charge >= 0.3 is 0 Å². The Morgan fingerprint density at radius 3 is 1.09 bits per heavy atom. The largest absolute Gasteiger partial charge is 0.492 e. The summed E-state index contributed by atoms with van der Waals surface area (Å²) in [6.45, 7) is 2.90. The first-order chi connectivity index (χ1) is 2.27. The molecule has 0 rings (SSSR count). The van der Waals surface area contributed by atoms with E-state index in [2.05, 4.69) is 11.7 Å². The zero-order valence-corrected chi connectivity index (χ0v) is 23.5. The van der Waals surface area contributed by atoms with Crippen LogP contribution in [-0.2, 0) is 206 Å². The molecule has 0 saturated heterocycles. The fourth-order valence-electron chi connectivity index (χ4n) is 0. The fraction of sp³-hybridized carbons (Fsp3) is 0.333. The Hall–Kier alpha value is 5.96. The summed E-state index contributed by atoms with van der Waals surface area (Å²) in [6, 6.07) is 0. The van der Waals surface area contributed by atoms with Crippen LogP contribution >= 0.6 is 0 Å². The van der Waals surface area contributed by atoms with Gasteiger partial charge in [-0.3, -0.25) is 11.7 Å². The molecule has 0 aliphatic carbocycles. The monoisotopic (exact) mass is 606 g/mol. The van der Waals surface area contributed by atoms with Crippen molar-refractivity contribution >= 4 is 5.97 Å². The predicted molar refractivity (Wildman–Crippen MR) is 17.4 cm³/mol. The Bertz CT molecular complexity index is 51.1. The molecule has 0 aliphatic rings. The molecule has 11 heavy (non-hydrogen) atoms. The second kappa shape index (κ2) is 36.0. The summed E-state index contributed by atoms with van der Waals surface area (Å²) in [6.07, 6.45) is 0. The van der Waals surface area contributed by atoms with Crippen LogP contribution in [0.5, 0.6) is 0 Å². The summed E-state index contributed by atoms with van der Waals surface area (Å²) in [7, 11) is 1.29. The second-order valence-electron chi connectivity index (χ2n) is 0.576. The van der Waals surface area contributed by atoms with Crippen LogP contribution in [0.25, 0.3) is 0 Å². The van der Waals surface area contributed by atoms with Gasteiger partial charge in [0.15, 0.2) is 5.97 Å². The molecule has 0 saturated carbocycles. The molecule has 6 radical (unpaired) electrons. The number of ether oxygens (including phenoxy) is 1. The second-order valence-corrected chi connectivity index (χ2v) is 0.576.